The molecule has 1 fully saturated rings. The molecular formula is C11H12BrCl2NO3S. The van der Waals surface area contributed by atoms with E-state index in [2.05, 4.69) is 15.9 Å². The van der Waals surface area contributed by atoms with E-state index in [9.17, 15) is 8.42 Å². The van der Waals surface area contributed by atoms with Crippen LogP contribution in [0.3, 0.4) is 0 Å². The van der Waals surface area contributed by atoms with Crippen molar-refractivity contribution >= 4 is 49.2 Å². The smallest absolute Gasteiger partial charge is 0.246 e. The molecule has 106 valence electrons. The van der Waals surface area contributed by atoms with Crippen LogP contribution in [0.15, 0.2) is 21.5 Å². The molecule has 8 heteroatoms. The van der Waals surface area contributed by atoms with Gasteiger partial charge in [0.25, 0.3) is 0 Å². The van der Waals surface area contributed by atoms with Gasteiger partial charge in [0.2, 0.25) is 10.0 Å². The van der Waals surface area contributed by atoms with Crippen molar-refractivity contribution < 1.29 is 13.2 Å². The highest BCUT2D eigenvalue weighted by Gasteiger charge is 2.33. The summed E-state index contributed by atoms with van der Waals surface area (Å²) in [6.07, 6.45) is 0.668. The largest absolute Gasteiger partial charge is 0.380 e. The Morgan fingerprint density at radius 1 is 1.37 bits per heavy atom. The van der Waals surface area contributed by atoms with E-state index in [1.807, 2.05) is 0 Å². The average Bonchev–Trinajstić information content (AvgIpc) is 2.78. The SMILES string of the molecule is CN(C1CCOC1)S(=O)(=O)c1c(Cl)cc(Br)cc1Cl. The molecule has 0 amide bonds. The van der Waals surface area contributed by atoms with Gasteiger partial charge in [0.15, 0.2) is 0 Å². The minimum absolute atomic E-state index is 0.0616. The van der Waals surface area contributed by atoms with Crippen LogP contribution in [0, 0.1) is 0 Å². The van der Waals surface area contributed by atoms with Crippen LogP contribution in [-0.4, -0.2) is 39.0 Å². The summed E-state index contributed by atoms with van der Waals surface area (Å²) in [5.74, 6) is 0. The molecule has 1 atom stereocenters. The number of hydrogen-bond donors (Lipinski definition) is 0. The van der Waals surface area contributed by atoms with Gasteiger partial charge in [-0.15, -0.1) is 0 Å². The average molecular weight is 389 g/mol. The number of sulfonamides is 1. The summed E-state index contributed by atoms with van der Waals surface area (Å²) in [5.41, 5.74) is 0. The fourth-order valence-corrected chi connectivity index (χ4v) is 5.18. The Balaban J connectivity index is 2.44. The predicted molar refractivity (Wildman–Crippen MR) is 78.3 cm³/mol. The van der Waals surface area contributed by atoms with Gasteiger partial charge >= 0.3 is 0 Å². The van der Waals surface area contributed by atoms with Gasteiger partial charge in [-0.3, -0.25) is 0 Å². The molecule has 1 aromatic rings. The maximum absolute atomic E-state index is 12.6. The number of halogens is 3. The molecule has 4 nitrogen and oxygen atoms in total. The first-order valence-electron chi connectivity index (χ1n) is 5.54. The van der Waals surface area contributed by atoms with Gasteiger partial charge in [-0.2, -0.15) is 4.31 Å². The summed E-state index contributed by atoms with van der Waals surface area (Å²) in [6.45, 7) is 0.952. The normalized spacial score (nSPS) is 20.2. The Morgan fingerprint density at radius 3 is 2.42 bits per heavy atom. The zero-order valence-electron chi connectivity index (χ0n) is 10.1. The van der Waals surface area contributed by atoms with Gasteiger partial charge < -0.3 is 4.74 Å². The first-order valence-corrected chi connectivity index (χ1v) is 8.53. The summed E-state index contributed by atoms with van der Waals surface area (Å²) in [7, 11) is -2.21. The summed E-state index contributed by atoms with van der Waals surface area (Å²) < 4.78 is 32.2. The van der Waals surface area contributed by atoms with Crippen molar-refractivity contribution in [3.05, 3.63) is 26.7 Å². The van der Waals surface area contributed by atoms with E-state index in [1.165, 1.54) is 23.5 Å². The third-order valence-corrected chi connectivity index (χ3v) is 6.31. The third-order valence-electron chi connectivity index (χ3n) is 3.02. The van der Waals surface area contributed by atoms with E-state index in [-0.39, 0.29) is 21.0 Å². The monoisotopic (exact) mass is 387 g/mol. The number of nitrogens with zero attached hydrogens (tertiary/aromatic N) is 1. The lowest BCUT2D eigenvalue weighted by atomic mass is 10.3. The Kier molecular flexibility index (Phi) is 4.80. The van der Waals surface area contributed by atoms with Gasteiger partial charge in [-0.1, -0.05) is 39.1 Å². The van der Waals surface area contributed by atoms with Crippen molar-refractivity contribution in [1.82, 2.24) is 4.31 Å². The summed E-state index contributed by atoms with van der Waals surface area (Å²) in [5, 5.41) is 0.204. The Hall–Kier alpha value is 0.150. The molecule has 0 aliphatic carbocycles. The van der Waals surface area contributed by atoms with Crippen LogP contribution in [-0.2, 0) is 14.8 Å². The molecule has 0 bridgehead atoms. The minimum atomic E-state index is -3.73. The Morgan fingerprint density at radius 2 is 1.95 bits per heavy atom. The second kappa shape index (κ2) is 5.87. The van der Waals surface area contributed by atoms with Crippen LogP contribution in [0.25, 0.3) is 0 Å². The molecule has 1 aromatic carbocycles. The quantitative estimate of drug-likeness (QED) is 0.798. The van der Waals surface area contributed by atoms with Crippen molar-refractivity contribution in [1.29, 1.82) is 0 Å². The number of likely N-dealkylation sites (N-methyl/N-ethyl adjacent to an activating group) is 1. The fraction of sp³-hybridized carbons (Fsp3) is 0.455. The topological polar surface area (TPSA) is 46.6 Å². The number of ether oxygens (including phenoxy) is 1. The molecule has 0 spiro atoms. The highest BCUT2D eigenvalue weighted by atomic mass is 79.9. The summed E-state index contributed by atoms with van der Waals surface area (Å²) >= 11 is 15.3. The number of benzene rings is 1. The first-order chi connectivity index (χ1) is 8.84. The van der Waals surface area contributed by atoms with E-state index in [0.29, 0.717) is 24.1 Å². The third kappa shape index (κ3) is 3.09. The lowest BCUT2D eigenvalue weighted by Gasteiger charge is -2.23. The van der Waals surface area contributed by atoms with Gasteiger partial charge in [0, 0.05) is 18.1 Å². The van der Waals surface area contributed by atoms with Crippen molar-refractivity contribution in [2.45, 2.75) is 17.4 Å². The molecule has 1 aliphatic heterocycles. The molecule has 19 heavy (non-hydrogen) atoms. The Bertz CT molecular complexity index is 565. The second-order valence-corrected chi connectivity index (χ2v) is 7.90. The molecule has 1 unspecified atom stereocenters. The molecule has 1 saturated heterocycles. The molecule has 1 heterocycles. The highest BCUT2D eigenvalue weighted by Crippen LogP contribution is 2.35. The van der Waals surface area contributed by atoms with Crippen molar-refractivity contribution in [2.75, 3.05) is 20.3 Å². The van der Waals surface area contributed by atoms with Gasteiger partial charge in [-0.25, -0.2) is 8.42 Å². The zero-order valence-corrected chi connectivity index (χ0v) is 14.0. The summed E-state index contributed by atoms with van der Waals surface area (Å²) in [6, 6.07) is 2.85. The van der Waals surface area contributed by atoms with E-state index in [4.69, 9.17) is 27.9 Å². The standard InChI is InChI=1S/C11H12BrCl2NO3S/c1-15(8-2-3-18-6-8)19(16,17)11-9(13)4-7(12)5-10(11)14/h4-5,8H,2-3,6H2,1H3. The van der Waals surface area contributed by atoms with Crippen LogP contribution >= 0.6 is 39.1 Å². The molecule has 2 rings (SSSR count). The van der Waals surface area contributed by atoms with E-state index in [0.717, 1.165) is 0 Å². The molecule has 0 N–H and O–H groups in total. The van der Waals surface area contributed by atoms with Crippen LogP contribution < -0.4 is 0 Å². The van der Waals surface area contributed by atoms with Crippen LogP contribution in [0.5, 0.6) is 0 Å². The molecule has 0 radical (unpaired) electrons. The summed E-state index contributed by atoms with van der Waals surface area (Å²) in [4.78, 5) is -0.0616. The first kappa shape index (κ1) is 15.5. The maximum atomic E-state index is 12.6. The van der Waals surface area contributed by atoms with Crippen molar-refractivity contribution in [2.24, 2.45) is 0 Å². The van der Waals surface area contributed by atoms with Crippen molar-refractivity contribution in [3.8, 4) is 0 Å². The minimum Gasteiger partial charge on any atom is -0.380 e. The van der Waals surface area contributed by atoms with E-state index < -0.39 is 10.0 Å². The fourth-order valence-electron chi connectivity index (χ4n) is 1.92. The molecular weight excluding hydrogens is 377 g/mol. The predicted octanol–water partition coefficient (Wildman–Crippen LogP) is 3.17. The molecule has 0 saturated carbocycles. The van der Waals surface area contributed by atoms with Crippen molar-refractivity contribution in [3.63, 3.8) is 0 Å². The van der Waals surface area contributed by atoms with Gasteiger partial charge in [0.05, 0.1) is 22.7 Å². The van der Waals surface area contributed by atoms with Crippen LogP contribution in [0.1, 0.15) is 6.42 Å². The van der Waals surface area contributed by atoms with Crippen LogP contribution in [0.2, 0.25) is 10.0 Å². The number of rotatable bonds is 3. The molecule has 0 aromatic heterocycles. The Labute approximate surface area is 130 Å². The second-order valence-electron chi connectivity index (χ2n) is 4.24. The molecule has 1 aliphatic rings. The highest BCUT2D eigenvalue weighted by molar-refractivity contribution is 9.10. The maximum Gasteiger partial charge on any atom is 0.246 e. The van der Waals surface area contributed by atoms with Crippen LogP contribution in [0.4, 0.5) is 0 Å². The number of hydrogen-bond acceptors (Lipinski definition) is 3. The van der Waals surface area contributed by atoms with E-state index >= 15 is 0 Å². The van der Waals surface area contributed by atoms with Gasteiger partial charge in [-0.05, 0) is 18.6 Å². The lowest BCUT2D eigenvalue weighted by molar-refractivity contribution is 0.181. The lowest BCUT2D eigenvalue weighted by Crippen LogP contribution is -2.37. The van der Waals surface area contributed by atoms with E-state index in [1.54, 1.807) is 0 Å². The van der Waals surface area contributed by atoms with Gasteiger partial charge in [0.1, 0.15) is 4.90 Å². The zero-order chi connectivity index (χ0) is 14.2.